The van der Waals surface area contributed by atoms with E-state index in [4.69, 9.17) is 11.6 Å². The van der Waals surface area contributed by atoms with E-state index >= 15 is 0 Å². The van der Waals surface area contributed by atoms with Gasteiger partial charge in [-0.25, -0.2) is 18.4 Å². The molecule has 3 N–H and O–H groups in total. The predicted octanol–water partition coefficient (Wildman–Crippen LogP) is 3.39. The number of H-pyrrole nitrogens is 1. The average molecular weight is 556 g/mol. The number of aromatic nitrogens is 3. The second-order valence-electron chi connectivity index (χ2n) is 8.37. The molecule has 0 aliphatic heterocycles. The van der Waals surface area contributed by atoms with Crippen molar-refractivity contribution in [1.29, 1.82) is 0 Å². The van der Waals surface area contributed by atoms with Gasteiger partial charge in [0.25, 0.3) is 17.4 Å². The Labute approximate surface area is 222 Å². The monoisotopic (exact) mass is 555 g/mol. The van der Waals surface area contributed by atoms with Gasteiger partial charge in [0.1, 0.15) is 17.0 Å². The SMILES string of the molecule is CCCN(C(=O)c1ccc(Cl)c(NC(=O)c2cc3cnc(S(C)(=O)=O)nc3[nH]c2=O)c1)c1cccc(O)c1. The minimum atomic E-state index is -3.70. The van der Waals surface area contributed by atoms with Crippen LogP contribution in [0.4, 0.5) is 11.4 Å². The van der Waals surface area contributed by atoms with Gasteiger partial charge in [0.15, 0.2) is 0 Å². The van der Waals surface area contributed by atoms with Crippen LogP contribution in [0.15, 0.2) is 64.7 Å². The van der Waals surface area contributed by atoms with Crippen molar-refractivity contribution in [2.45, 2.75) is 18.5 Å². The fraction of sp³-hybridized carbons (Fsp3) is 0.160. The van der Waals surface area contributed by atoms with Crippen molar-refractivity contribution in [3.05, 3.63) is 81.2 Å². The number of carbonyl (C=O) groups excluding carboxylic acids is 2. The van der Waals surface area contributed by atoms with Crippen molar-refractivity contribution in [2.24, 2.45) is 0 Å². The minimum Gasteiger partial charge on any atom is -0.508 e. The quantitative estimate of drug-likeness (QED) is 0.292. The molecule has 2 amide bonds. The Morgan fingerprint density at radius 3 is 2.61 bits per heavy atom. The van der Waals surface area contributed by atoms with E-state index in [0.717, 1.165) is 6.26 Å². The molecular formula is C25H22ClN5O6S. The standard InChI is InChI=1S/C25H22ClN5O6S/c1-3-9-31(16-5-4-6-17(32)12-16)24(35)14-7-8-19(26)20(11-14)28-22(33)18-10-15-13-27-25(38(2,36)37)30-21(15)29-23(18)34/h4-8,10-13,32H,3,9H2,1-2H3,(H,28,33)(H,27,29,30,34). The number of hydrogen-bond donors (Lipinski definition) is 3. The Balaban J connectivity index is 1.64. The van der Waals surface area contributed by atoms with E-state index in [0.29, 0.717) is 18.7 Å². The molecule has 13 heteroatoms. The van der Waals surface area contributed by atoms with Crippen LogP contribution in [-0.2, 0) is 9.84 Å². The molecule has 38 heavy (non-hydrogen) atoms. The van der Waals surface area contributed by atoms with Gasteiger partial charge >= 0.3 is 0 Å². The number of phenols is 1. The molecule has 0 fully saturated rings. The highest BCUT2D eigenvalue weighted by Gasteiger charge is 2.21. The molecule has 2 heterocycles. The van der Waals surface area contributed by atoms with E-state index in [1.807, 2.05) is 6.92 Å². The summed E-state index contributed by atoms with van der Waals surface area (Å²) in [5.41, 5.74) is -0.339. The minimum absolute atomic E-state index is 0.0130. The Morgan fingerprint density at radius 1 is 1.16 bits per heavy atom. The average Bonchev–Trinajstić information content (AvgIpc) is 2.86. The number of anilines is 2. The molecule has 11 nitrogen and oxygen atoms in total. The first-order valence-electron chi connectivity index (χ1n) is 11.3. The maximum absolute atomic E-state index is 13.3. The topological polar surface area (TPSA) is 162 Å². The third-order valence-corrected chi connectivity index (χ3v) is 6.63. The van der Waals surface area contributed by atoms with E-state index in [1.54, 1.807) is 12.1 Å². The van der Waals surface area contributed by atoms with E-state index < -0.39 is 26.5 Å². The summed E-state index contributed by atoms with van der Waals surface area (Å²) in [6, 6.07) is 11.9. The largest absolute Gasteiger partial charge is 0.508 e. The number of carbonyl (C=O) groups is 2. The number of phenolic OH excluding ortho intramolecular Hbond substituents is 1. The van der Waals surface area contributed by atoms with Gasteiger partial charge in [0, 0.05) is 41.7 Å². The van der Waals surface area contributed by atoms with E-state index in [1.165, 1.54) is 47.5 Å². The molecule has 0 saturated heterocycles. The molecule has 0 bridgehead atoms. The molecule has 2 aromatic heterocycles. The van der Waals surface area contributed by atoms with Crippen molar-refractivity contribution in [1.82, 2.24) is 15.0 Å². The Bertz CT molecular complexity index is 1740. The van der Waals surface area contributed by atoms with Gasteiger partial charge < -0.3 is 20.3 Å². The van der Waals surface area contributed by atoms with E-state index in [2.05, 4.69) is 20.3 Å². The van der Waals surface area contributed by atoms with Crippen LogP contribution < -0.4 is 15.8 Å². The molecule has 0 aliphatic carbocycles. The van der Waals surface area contributed by atoms with Gasteiger partial charge in [-0.3, -0.25) is 14.4 Å². The van der Waals surface area contributed by atoms with Gasteiger partial charge in [0.2, 0.25) is 15.0 Å². The molecule has 0 radical (unpaired) electrons. The number of aromatic hydroxyl groups is 1. The Kier molecular flexibility index (Phi) is 7.46. The zero-order chi connectivity index (χ0) is 27.6. The molecule has 0 spiro atoms. The zero-order valence-corrected chi connectivity index (χ0v) is 21.8. The number of rotatable bonds is 7. The van der Waals surface area contributed by atoms with E-state index in [-0.39, 0.29) is 44.5 Å². The highest BCUT2D eigenvalue weighted by molar-refractivity contribution is 7.90. The van der Waals surface area contributed by atoms with Gasteiger partial charge in [-0.15, -0.1) is 0 Å². The molecule has 0 saturated carbocycles. The number of hydrogen-bond acceptors (Lipinski definition) is 8. The van der Waals surface area contributed by atoms with Crippen molar-refractivity contribution in [3.8, 4) is 5.75 Å². The van der Waals surface area contributed by atoms with Crippen LogP contribution in [0.3, 0.4) is 0 Å². The number of amides is 2. The summed E-state index contributed by atoms with van der Waals surface area (Å²) in [7, 11) is -3.70. The van der Waals surface area contributed by atoms with Crippen LogP contribution in [0.25, 0.3) is 11.0 Å². The number of aromatic amines is 1. The second-order valence-corrected chi connectivity index (χ2v) is 10.7. The van der Waals surface area contributed by atoms with Crippen LogP contribution in [0, 0.1) is 0 Å². The van der Waals surface area contributed by atoms with Gasteiger partial charge in [-0.05, 0) is 42.8 Å². The third-order valence-electron chi connectivity index (χ3n) is 5.44. The first-order valence-corrected chi connectivity index (χ1v) is 13.6. The van der Waals surface area contributed by atoms with Gasteiger partial charge in [-0.1, -0.05) is 24.6 Å². The fourth-order valence-corrected chi connectivity index (χ4v) is 4.32. The molecule has 196 valence electrons. The summed E-state index contributed by atoms with van der Waals surface area (Å²) < 4.78 is 23.4. The van der Waals surface area contributed by atoms with Gasteiger partial charge in [-0.2, -0.15) is 0 Å². The fourth-order valence-electron chi connectivity index (χ4n) is 3.66. The second kappa shape index (κ2) is 10.6. The lowest BCUT2D eigenvalue weighted by Gasteiger charge is -2.23. The smallest absolute Gasteiger partial charge is 0.262 e. The Hall–Kier alpha value is -4.29. The maximum Gasteiger partial charge on any atom is 0.262 e. The van der Waals surface area contributed by atoms with Crippen molar-refractivity contribution >= 4 is 55.7 Å². The number of benzene rings is 2. The number of nitrogens with zero attached hydrogens (tertiary/aromatic N) is 3. The molecule has 4 aromatic rings. The number of fused-ring (bicyclic) bond motifs is 1. The highest BCUT2D eigenvalue weighted by Crippen LogP contribution is 2.27. The van der Waals surface area contributed by atoms with Crippen LogP contribution in [-0.4, -0.2) is 53.1 Å². The van der Waals surface area contributed by atoms with Gasteiger partial charge in [0.05, 0.1) is 10.7 Å². The number of pyridine rings is 1. The molecule has 0 aliphatic rings. The number of sulfone groups is 1. The van der Waals surface area contributed by atoms with E-state index in [9.17, 15) is 27.9 Å². The molecule has 0 atom stereocenters. The highest BCUT2D eigenvalue weighted by atomic mass is 35.5. The van der Waals surface area contributed by atoms with Crippen molar-refractivity contribution in [3.63, 3.8) is 0 Å². The summed E-state index contributed by atoms with van der Waals surface area (Å²) in [5, 5.41) is 12.3. The summed E-state index contributed by atoms with van der Waals surface area (Å²) in [6.45, 7) is 2.28. The van der Waals surface area contributed by atoms with Crippen LogP contribution in [0.5, 0.6) is 5.75 Å². The summed E-state index contributed by atoms with van der Waals surface area (Å²) in [6.07, 6.45) is 2.77. The first-order chi connectivity index (χ1) is 18.0. The number of halogens is 1. The van der Waals surface area contributed by atoms with Crippen LogP contribution in [0.1, 0.15) is 34.1 Å². The first kappa shape index (κ1) is 26.8. The third kappa shape index (κ3) is 5.66. The van der Waals surface area contributed by atoms with Crippen molar-refractivity contribution < 1.29 is 23.1 Å². The lowest BCUT2D eigenvalue weighted by Crippen LogP contribution is -2.31. The lowest BCUT2D eigenvalue weighted by molar-refractivity contribution is 0.0984. The van der Waals surface area contributed by atoms with Crippen LogP contribution >= 0.6 is 11.6 Å². The summed E-state index contributed by atoms with van der Waals surface area (Å²) in [5.74, 6) is -1.18. The van der Waals surface area contributed by atoms with Crippen molar-refractivity contribution in [2.75, 3.05) is 23.0 Å². The lowest BCUT2D eigenvalue weighted by atomic mass is 10.1. The Morgan fingerprint density at radius 2 is 1.92 bits per heavy atom. The normalized spacial score (nSPS) is 11.3. The molecule has 4 rings (SSSR count). The molecule has 2 aromatic carbocycles. The summed E-state index contributed by atoms with van der Waals surface area (Å²) >= 11 is 6.27. The summed E-state index contributed by atoms with van der Waals surface area (Å²) in [4.78, 5) is 50.4. The number of nitrogens with one attached hydrogen (secondary N) is 2. The zero-order valence-electron chi connectivity index (χ0n) is 20.2. The molecule has 0 unspecified atom stereocenters. The maximum atomic E-state index is 13.3. The molecular weight excluding hydrogens is 534 g/mol. The predicted molar refractivity (Wildman–Crippen MR) is 143 cm³/mol. The van der Waals surface area contributed by atoms with Crippen LogP contribution in [0.2, 0.25) is 5.02 Å².